The molecule has 0 amide bonds. The van der Waals surface area contributed by atoms with Gasteiger partial charge in [-0.25, -0.2) is 0 Å². The van der Waals surface area contributed by atoms with Crippen LogP contribution in [-0.2, 0) is 18.3 Å². The molecule has 142 valence electrons. The van der Waals surface area contributed by atoms with Gasteiger partial charge in [0.15, 0.2) is 5.96 Å². The minimum Gasteiger partial charge on any atom is -0.378 e. The Morgan fingerprint density at radius 1 is 1.28 bits per heavy atom. The first-order chi connectivity index (χ1) is 12.2. The Morgan fingerprint density at radius 3 is 2.76 bits per heavy atom. The van der Waals surface area contributed by atoms with E-state index < -0.39 is 0 Å². The van der Waals surface area contributed by atoms with E-state index in [0.717, 1.165) is 38.5 Å². The van der Waals surface area contributed by atoms with Gasteiger partial charge < -0.3 is 19.5 Å². The van der Waals surface area contributed by atoms with Gasteiger partial charge in [0.2, 0.25) is 0 Å². The van der Waals surface area contributed by atoms with Gasteiger partial charge in [-0.2, -0.15) is 0 Å². The number of hydrogen-bond donors (Lipinski definition) is 1. The van der Waals surface area contributed by atoms with Crippen LogP contribution in [0.5, 0.6) is 0 Å². The van der Waals surface area contributed by atoms with Gasteiger partial charge in [0.25, 0.3) is 0 Å². The molecule has 0 bridgehead atoms. The second kappa shape index (κ2) is 11.2. The summed E-state index contributed by atoms with van der Waals surface area (Å²) in [5.41, 5.74) is 1.28. The van der Waals surface area contributed by atoms with Gasteiger partial charge in [-0.3, -0.25) is 4.99 Å². The number of ether oxygens (including phenoxy) is 1. The van der Waals surface area contributed by atoms with Gasteiger partial charge in [-0.1, -0.05) is 19.3 Å². The molecule has 0 unspecified atom stereocenters. The molecule has 0 aromatic carbocycles. The lowest BCUT2D eigenvalue weighted by atomic mass is 9.98. The zero-order valence-corrected chi connectivity index (χ0v) is 16.3. The van der Waals surface area contributed by atoms with Crippen molar-refractivity contribution in [2.75, 3.05) is 27.2 Å². The van der Waals surface area contributed by atoms with Crippen LogP contribution < -0.4 is 5.32 Å². The molecule has 1 fully saturated rings. The zero-order chi connectivity index (χ0) is 17.9. The molecule has 1 aliphatic rings. The second-order valence-corrected chi connectivity index (χ2v) is 7.13. The highest BCUT2D eigenvalue weighted by Crippen LogP contribution is 2.20. The molecule has 0 atom stereocenters. The van der Waals surface area contributed by atoms with Crippen molar-refractivity contribution in [2.24, 2.45) is 12.0 Å². The highest BCUT2D eigenvalue weighted by atomic mass is 16.5. The van der Waals surface area contributed by atoms with E-state index in [-0.39, 0.29) is 0 Å². The third-order valence-electron chi connectivity index (χ3n) is 5.03. The number of aromatic nitrogens is 1. The third-order valence-corrected chi connectivity index (χ3v) is 5.03. The molecule has 5 heteroatoms. The second-order valence-electron chi connectivity index (χ2n) is 7.13. The molecule has 1 aromatic rings. The first-order valence-electron chi connectivity index (χ1n) is 9.84. The monoisotopic (exact) mass is 348 g/mol. The van der Waals surface area contributed by atoms with E-state index in [9.17, 15) is 0 Å². The van der Waals surface area contributed by atoms with Crippen LogP contribution in [0.25, 0.3) is 0 Å². The summed E-state index contributed by atoms with van der Waals surface area (Å²) in [6, 6.07) is 4.23. The maximum Gasteiger partial charge on any atom is 0.193 e. The molecule has 0 spiro atoms. The average molecular weight is 349 g/mol. The standard InChI is InChI=1S/C20H36N4O/c1-21-20(24(3)17-18-11-10-15-23(18)2)22-14-8-5-9-16-25-19-12-6-4-7-13-19/h10-11,15,19H,4-9,12-14,16-17H2,1-3H3,(H,21,22). The van der Waals surface area contributed by atoms with Crippen LogP contribution in [0.1, 0.15) is 57.1 Å². The van der Waals surface area contributed by atoms with Crippen LogP contribution in [0.2, 0.25) is 0 Å². The quantitative estimate of drug-likeness (QED) is 0.421. The average Bonchev–Trinajstić information content (AvgIpc) is 3.03. The van der Waals surface area contributed by atoms with Gasteiger partial charge in [-0.15, -0.1) is 0 Å². The number of hydrogen-bond acceptors (Lipinski definition) is 2. The molecular weight excluding hydrogens is 312 g/mol. The summed E-state index contributed by atoms with van der Waals surface area (Å²) in [6.07, 6.45) is 12.8. The lowest BCUT2D eigenvalue weighted by molar-refractivity contribution is 0.0264. The number of unbranched alkanes of at least 4 members (excludes halogenated alkanes) is 2. The maximum atomic E-state index is 5.99. The minimum absolute atomic E-state index is 0.539. The van der Waals surface area contributed by atoms with Crippen molar-refractivity contribution in [2.45, 2.75) is 64.0 Å². The normalized spacial score (nSPS) is 16.2. The fourth-order valence-electron chi connectivity index (χ4n) is 3.45. The molecule has 1 saturated carbocycles. The Morgan fingerprint density at radius 2 is 2.08 bits per heavy atom. The summed E-state index contributed by atoms with van der Waals surface area (Å²) in [7, 11) is 6.01. The molecule has 0 saturated heterocycles. The highest BCUT2D eigenvalue weighted by Gasteiger charge is 2.13. The van der Waals surface area contributed by atoms with E-state index in [4.69, 9.17) is 4.74 Å². The predicted molar refractivity (Wildman–Crippen MR) is 105 cm³/mol. The molecule has 0 aliphatic heterocycles. The van der Waals surface area contributed by atoms with E-state index in [2.05, 4.69) is 52.2 Å². The number of nitrogens with one attached hydrogen (secondary N) is 1. The van der Waals surface area contributed by atoms with Crippen molar-refractivity contribution in [3.63, 3.8) is 0 Å². The first-order valence-corrected chi connectivity index (χ1v) is 9.84. The fourth-order valence-corrected chi connectivity index (χ4v) is 3.45. The molecular formula is C20H36N4O. The summed E-state index contributed by atoms with van der Waals surface area (Å²) in [5.74, 6) is 0.958. The number of rotatable bonds is 9. The Bertz CT molecular complexity index is 506. The Kier molecular flexibility index (Phi) is 8.87. The maximum absolute atomic E-state index is 5.99. The van der Waals surface area contributed by atoms with Crippen molar-refractivity contribution in [1.82, 2.24) is 14.8 Å². The Labute approximate surface area is 153 Å². The smallest absolute Gasteiger partial charge is 0.193 e. The molecule has 1 aliphatic carbocycles. The summed E-state index contributed by atoms with van der Waals surface area (Å²) >= 11 is 0. The third kappa shape index (κ3) is 7.10. The Balaban J connectivity index is 1.54. The minimum atomic E-state index is 0.539. The molecule has 5 nitrogen and oxygen atoms in total. The molecule has 25 heavy (non-hydrogen) atoms. The van der Waals surface area contributed by atoms with Gasteiger partial charge in [0, 0.05) is 46.2 Å². The number of aryl methyl sites for hydroxylation is 1. The van der Waals surface area contributed by atoms with Gasteiger partial charge in [0.05, 0.1) is 12.6 Å². The number of guanidine groups is 1. The van der Waals surface area contributed by atoms with Crippen molar-refractivity contribution >= 4 is 5.96 Å². The summed E-state index contributed by atoms with van der Waals surface area (Å²) < 4.78 is 8.13. The van der Waals surface area contributed by atoms with Crippen molar-refractivity contribution in [3.8, 4) is 0 Å². The largest absolute Gasteiger partial charge is 0.378 e. The number of nitrogens with zero attached hydrogens (tertiary/aromatic N) is 3. The number of aliphatic imine (C=N–C) groups is 1. The lowest BCUT2D eigenvalue weighted by Gasteiger charge is -2.23. The topological polar surface area (TPSA) is 41.8 Å². The molecule has 1 aromatic heterocycles. The SMILES string of the molecule is CN=C(NCCCCCOC1CCCCC1)N(C)Cc1cccn1C. The molecule has 1 heterocycles. The molecule has 1 N–H and O–H groups in total. The lowest BCUT2D eigenvalue weighted by Crippen LogP contribution is -2.39. The molecule has 2 rings (SSSR count). The summed E-state index contributed by atoms with van der Waals surface area (Å²) in [6.45, 7) is 2.75. The van der Waals surface area contributed by atoms with E-state index in [1.54, 1.807) is 0 Å². The summed E-state index contributed by atoms with van der Waals surface area (Å²) in [4.78, 5) is 6.56. The van der Waals surface area contributed by atoms with E-state index in [1.807, 2.05) is 7.05 Å². The van der Waals surface area contributed by atoms with Crippen LogP contribution in [0, 0.1) is 0 Å². The van der Waals surface area contributed by atoms with Crippen LogP contribution in [0.4, 0.5) is 0 Å². The van der Waals surface area contributed by atoms with Crippen LogP contribution >= 0.6 is 0 Å². The van der Waals surface area contributed by atoms with Gasteiger partial charge in [-0.05, 0) is 44.2 Å². The fraction of sp³-hybridized carbons (Fsp3) is 0.750. The van der Waals surface area contributed by atoms with Crippen LogP contribution in [0.3, 0.4) is 0 Å². The van der Waals surface area contributed by atoms with Crippen LogP contribution in [0.15, 0.2) is 23.3 Å². The first kappa shape index (κ1) is 19.8. The van der Waals surface area contributed by atoms with Gasteiger partial charge >= 0.3 is 0 Å². The predicted octanol–water partition coefficient (Wildman–Crippen LogP) is 3.55. The molecule has 0 radical (unpaired) electrons. The van der Waals surface area contributed by atoms with Crippen molar-refractivity contribution in [1.29, 1.82) is 0 Å². The van der Waals surface area contributed by atoms with Crippen molar-refractivity contribution < 1.29 is 4.74 Å². The summed E-state index contributed by atoms with van der Waals surface area (Å²) in [5, 5.41) is 3.47. The zero-order valence-electron chi connectivity index (χ0n) is 16.3. The van der Waals surface area contributed by atoms with Crippen LogP contribution in [-0.4, -0.2) is 48.8 Å². The van der Waals surface area contributed by atoms with E-state index in [0.29, 0.717) is 6.10 Å². The van der Waals surface area contributed by atoms with E-state index in [1.165, 1.54) is 44.2 Å². The Hall–Kier alpha value is -1.49. The van der Waals surface area contributed by atoms with Crippen molar-refractivity contribution in [3.05, 3.63) is 24.0 Å². The van der Waals surface area contributed by atoms with E-state index >= 15 is 0 Å². The van der Waals surface area contributed by atoms with Gasteiger partial charge in [0.1, 0.15) is 0 Å². The highest BCUT2D eigenvalue weighted by molar-refractivity contribution is 5.79.